The van der Waals surface area contributed by atoms with Gasteiger partial charge in [0.05, 0.1) is 23.1 Å². The van der Waals surface area contributed by atoms with Crippen LogP contribution >= 0.6 is 0 Å². The van der Waals surface area contributed by atoms with Gasteiger partial charge in [-0.15, -0.1) is 0 Å². The van der Waals surface area contributed by atoms with Crippen LogP contribution in [0.1, 0.15) is 55.2 Å². The van der Waals surface area contributed by atoms with Crippen LogP contribution in [-0.2, 0) is 40.8 Å². The number of amides is 1. The van der Waals surface area contributed by atoms with Crippen molar-refractivity contribution in [2.75, 3.05) is 11.3 Å². The number of hydrogen-bond donors (Lipinski definition) is 5. The van der Waals surface area contributed by atoms with Crippen molar-refractivity contribution in [3.8, 4) is 22.6 Å². The molecule has 6 rings (SSSR count). The molecule has 266 valence electrons. The monoisotopic (exact) mass is 707 g/mol. The number of aliphatic hydroxyl groups is 1. The molecule has 0 aliphatic carbocycles. The zero-order valence-corrected chi connectivity index (χ0v) is 28.8. The second-order valence-corrected chi connectivity index (χ2v) is 15.0. The van der Waals surface area contributed by atoms with Gasteiger partial charge in [0.15, 0.2) is 0 Å². The average Bonchev–Trinajstić information content (AvgIpc) is 3.09. The molecule has 0 fully saturated rings. The van der Waals surface area contributed by atoms with Crippen molar-refractivity contribution in [1.29, 1.82) is 0 Å². The summed E-state index contributed by atoms with van der Waals surface area (Å²) >= 11 is 0. The van der Waals surface area contributed by atoms with Crippen LogP contribution in [0.15, 0.2) is 120 Å². The topological polar surface area (TPSA) is 137 Å². The molecule has 1 aliphatic rings. The van der Waals surface area contributed by atoms with Crippen LogP contribution in [0, 0.1) is 0 Å². The fourth-order valence-electron chi connectivity index (χ4n) is 6.05. The van der Waals surface area contributed by atoms with Gasteiger partial charge in [0.2, 0.25) is 5.91 Å². The lowest BCUT2D eigenvalue weighted by molar-refractivity contribution is -0.120. The molecule has 1 atom stereocenters. The Morgan fingerprint density at radius 3 is 2.39 bits per heavy atom. The van der Waals surface area contributed by atoms with Gasteiger partial charge in [-0.3, -0.25) is 9.52 Å². The Morgan fingerprint density at radius 2 is 1.59 bits per heavy atom. The SMILES string of the molecule is C.CC(C)(Cc1cccc(CC(=O)NCc2cccc(-c3ccc(O)cc3)c2)c1)NCC(O)c1ccc2cc1NS(=O)(=O)c1cccc(c1)CO2. The van der Waals surface area contributed by atoms with E-state index in [9.17, 15) is 23.4 Å². The van der Waals surface area contributed by atoms with Crippen molar-refractivity contribution in [2.24, 2.45) is 0 Å². The van der Waals surface area contributed by atoms with Gasteiger partial charge in [-0.1, -0.05) is 80.2 Å². The predicted octanol–water partition coefficient (Wildman–Crippen LogP) is 6.89. The molecule has 51 heavy (non-hydrogen) atoms. The minimum Gasteiger partial charge on any atom is -0.508 e. The van der Waals surface area contributed by atoms with Crippen LogP contribution in [0.5, 0.6) is 11.5 Å². The van der Waals surface area contributed by atoms with Crippen molar-refractivity contribution in [1.82, 2.24) is 10.6 Å². The van der Waals surface area contributed by atoms with Crippen molar-refractivity contribution < 1.29 is 28.2 Å². The molecule has 0 saturated carbocycles. The molecule has 4 bridgehead atoms. The van der Waals surface area contributed by atoms with E-state index in [1.807, 2.05) is 80.6 Å². The summed E-state index contributed by atoms with van der Waals surface area (Å²) in [6.07, 6.45) is -0.144. The second-order valence-electron chi connectivity index (χ2n) is 13.3. The van der Waals surface area contributed by atoms with Crippen molar-refractivity contribution in [3.05, 3.63) is 143 Å². The van der Waals surface area contributed by atoms with Crippen LogP contribution in [0.25, 0.3) is 11.1 Å². The summed E-state index contributed by atoms with van der Waals surface area (Å²) in [5, 5.41) is 27.3. The smallest absolute Gasteiger partial charge is 0.261 e. The zero-order chi connectivity index (χ0) is 35.3. The van der Waals surface area contributed by atoms with E-state index < -0.39 is 21.7 Å². The van der Waals surface area contributed by atoms with Gasteiger partial charge in [0.25, 0.3) is 10.0 Å². The summed E-state index contributed by atoms with van der Waals surface area (Å²) < 4.78 is 34.8. The molecule has 5 N–H and O–H groups in total. The van der Waals surface area contributed by atoms with Crippen molar-refractivity contribution in [2.45, 2.75) is 63.8 Å². The van der Waals surface area contributed by atoms with E-state index in [0.717, 1.165) is 33.4 Å². The normalized spacial score (nSPS) is 13.9. The van der Waals surface area contributed by atoms with E-state index in [2.05, 4.69) is 15.4 Å². The first-order chi connectivity index (χ1) is 23.9. The van der Waals surface area contributed by atoms with Gasteiger partial charge in [0, 0.05) is 30.3 Å². The number of aromatic hydroxyl groups is 1. The molecular weight excluding hydrogens is 663 g/mol. The summed E-state index contributed by atoms with van der Waals surface area (Å²) in [5.74, 6) is 0.626. The molecule has 9 nitrogen and oxygen atoms in total. The molecule has 1 aliphatic heterocycles. The van der Waals surface area contributed by atoms with E-state index >= 15 is 0 Å². The molecule has 1 heterocycles. The van der Waals surface area contributed by atoms with E-state index in [1.165, 1.54) is 6.07 Å². The predicted molar refractivity (Wildman–Crippen MR) is 201 cm³/mol. The number of ether oxygens (including phenoxy) is 1. The quantitative estimate of drug-likeness (QED) is 0.101. The first kappa shape index (κ1) is 37.1. The number of fused-ring (bicyclic) bond motifs is 4. The number of anilines is 1. The number of phenolic OH excluding ortho intramolecular Hbond substituents is 1. The summed E-state index contributed by atoms with van der Waals surface area (Å²) in [4.78, 5) is 13.0. The largest absolute Gasteiger partial charge is 0.508 e. The number of carbonyl (C=O) groups is 1. The van der Waals surface area contributed by atoms with E-state index in [0.29, 0.717) is 24.3 Å². The number of benzene rings is 5. The van der Waals surface area contributed by atoms with Crippen LogP contribution in [0.2, 0.25) is 0 Å². The standard InChI is InChI=1S/C40H41N3O6S.CH4/c1-40(2,42-25-38(45)36-17-16-34-22-37(36)43-50(47,48)35-11-5-9-30(20-35)26-49-34)23-28-7-3-6-27(18-28)21-39(46)41-24-29-8-4-10-32(19-29)31-12-14-33(44)15-13-31;/h3-20,22,38,42-45H,21,23-26H2,1-2H3,(H,41,46);1H4. The third kappa shape index (κ3) is 9.76. The first-order valence-electron chi connectivity index (χ1n) is 16.5. The minimum atomic E-state index is -3.88. The minimum absolute atomic E-state index is 0. The van der Waals surface area contributed by atoms with Crippen LogP contribution in [-0.4, -0.2) is 36.6 Å². The highest BCUT2D eigenvalue weighted by Gasteiger charge is 2.24. The lowest BCUT2D eigenvalue weighted by Gasteiger charge is -2.29. The number of phenols is 1. The number of sulfonamides is 1. The maximum absolute atomic E-state index is 13.2. The number of hydrogen-bond acceptors (Lipinski definition) is 7. The number of rotatable bonds is 11. The number of aliphatic hydroxyl groups excluding tert-OH is 1. The Hall–Kier alpha value is -5.16. The van der Waals surface area contributed by atoms with Gasteiger partial charge in [-0.25, -0.2) is 8.42 Å². The van der Waals surface area contributed by atoms with Gasteiger partial charge in [-0.05, 0) is 90.0 Å². The fourth-order valence-corrected chi connectivity index (χ4v) is 7.19. The van der Waals surface area contributed by atoms with E-state index in [-0.39, 0.29) is 49.2 Å². The Balaban J connectivity index is 0.00000504. The summed E-state index contributed by atoms with van der Waals surface area (Å²) in [7, 11) is -3.88. The Morgan fingerprint density at radius 1 is 0.863 bits per heavy atom. The Bertz CT molecular complexity index is 2100. The summed E-state index contributed by atoms with van der Waals surface area (Å²) in [5.41, 5.74) is 5.90. The molecule has 0 spiro atoms. The number of carbonyl (C=O) groups excluding carboxylic acids is 1. The first-order valence-corrected chi connectivity index (χ1v) is 18.0. The lowest BCUT2D eigenvalue weighted by atomic mass is 9.93. The third-order valence-electron chi connectivity index (χ3n) is 8.64. The van der Waals surface area contributed by atoms with Crippen molar-refractivity contribution in [3.63, 3.8) is 0 Å². The van der Waals surface area contributed by atoms with Gasteiger partial charge >= 0.3 is 0 Å². The van der Waals surface area contributed by atoms with Crippen LogP contribution in [0.3, 0.4) is 0 Å². The van der Waals surface area contributed by atoms with Gasteiger partial charge in [0.1, 0.15) is 18.1 Å². The maximum Gasteiger partial charge on any atom is 0.261 e. The molecule has 0 aromatic heterocycles. The van der Waals surface area contributed by atoms with Gasteiger partial charge < -0.3 is 25.6 Å². The second kappa shape index (κ2) is 15.8. The number of β-amino-alcohol motifs (C(OH)–C–C–N with tert-alkyl or cyclic N) is 1. The highest BCUT2D eigenvalue weighted by atomic mass is 32.2. The van der Waals surface area contributed by atoms with Crippen LogP contribution < -0.4 is 20.1 Å². The van der Waals surface area contributed by atoms with E-state index in [1.54, 1.807) is 42.5 Å². The number of nitrogens with one attached hydrogen (secondary N) is 3. The van der Waals surface area contributed by atoms with Crippen LogP contribution in [0.4, 0.5) is 5.69 Å². The molecule has 5 aromatic carbocycles. The maximum atomic E-state index is 13.2. The highest BCUT2D eigenvalue weighted by Crippen LogP contribution is 2.32. The third-order valence-corrected chi connectivity index (χ3v) is 10.00. The molecular formula is C41H45N3O6S. The summed E-state index contributed by atoms with van der Waals surface area (Å²) in [6, 6.07) is 34.5. The zero-order valence-electron chi connectivity index (χ0n) is 28.0. The molecule has 5 aromatic rings. The van der Waals surface area contributed by atoms with E-state index in [4.69, 9.17) is 4.74 Å². The highest BCUT2D eigenvalue weighted by molar-refractivity contribution is 7.92. The van der Waals surface area contributed by atoms with Gasteiger partial charge in [-0.2, -0.15) is 0 Å². The molecule has 10 heteroatoms. The molecule has 0 saturated heterocycles. The lowest BCUT2D eigenvalue weighted by Crippen LogP contribution is -2.43. The fraction of sp³-hybridized carbons (Fsp3) is 0.244. The van der Waals surface area contributed by atoms with Crippen molar-refractivity contribution >= 4 is 21.6 Å². The Kier molecular flexibility index (Phi) is 11.5. The molecule has 1 unspecified atom stereocenters. The Labute approximate surface area is 300 Å². The molecule has 0 radical (unpaired) electrons. The average molecular weight is 708 g/mol. The summed E-state index contributed by atoms with van der Waals surface area (Å²) in [6.45, 7) is 4.86. The molecule has 1 amide bonds.